The van der Waals surface area contributed by atoms with Crippen molar-refractivity contribution in [2.45, 2.75) is 44.7 Å². The summed E-state index contributed by atoms with van der Waals surface area (Å²) in [4.78, 5) is 0. The third kappa shape index (κ3) is 2.63. The van der Waals surface area contributed by atoms with E-state index in [0.29, 0.717) is 17.8 Å². The van der Waals surface area contributed by atoms with E-state index in [0.717, 1.165) is 50.4 Å². The van der Waals surface area contributed by atoms with Crippen molar-refractivity contribution >= 4 is 0 Å². The number of ether oxygens (including phenoxy) is 1. The van der Waals surface area contributed by atoms with Gasteiger partial charge in [0.25, 0.3) is 0 Å². The molecular formula is C16H23NO2. The van der Waals surface area contributed by atoms with E-state index in [1.165, 1.54) is 5.56 Å². The molecule has 2 N–H and O–H groups in total. The first-order valence-electron chi connectivity index (χ1n) is 7.40. The van der Waals surface area contributed by atoms with E-state index in [4.69, 9.17) is 4.74 Å². The zero-order chi connectivity index (χ0) is 13.2. The van der Waals surface area contributed by atoms with E-state index in [-0.39, 0.29) is 0 Å². The lowest BCUT2D eigenvalue weighted by Gasteiger charge is -2.31. The molecule has 1 heterocycles. The Morgan fingerprint density at radius 2 is 2.05 bits per heavy atom. The minimum Gasteiger partial charge on any atom is -0.508 e. The molecule has 2 atom stereocenters. The molecule has 3 heteroatoms. The van der Waals surface area contributed by atoms with Gasteiger partial charge in [-0.3, -0.25) is 0 Å². The lowest BCUT2D eigenvalue weighted by Crippen LogP contribution is -2.38. The lowest BCUT2D eigenvalue weighted by atomic mass is 9.92. The summed E-state index contributed by atoms with van der Waals surface area (Å²) in [5, 5.41) is 13.7. The van der Waals surface area contributed by atoms with Crippen molar-refractivity contribution in [2.75, 3.05) is 13.2 Å². The number of phenolic OH excluding ortho intramolecular Hbond substituents is 1. The second-order valence-corrected chi connectivity index (χ2v) is 5.84. The van der Waals surface area contributed by atoms with Crippen LogP contribution in [-0.4, -0.2) is 24.4 Å². The summed E-state index contributed by atoms with van der Waals surface area (Å²) < 4.78 is 5.43. The number of nitrogens with one attached hydrogen (secondary N) is 1. The predicted octanol–water partition coefficient (Wildman–Crippen LogP) is 2.78. The van der Waals surface area contributed by atoms with Crippen molar-refractivity contribution in [1.29, 1.82) is 0 Å². The van der Waals surface area contributed by atoms with Crippen molar-refractivity contribution in [1.82, 2.24) is 5.32 Å². The first-order valence-corrected chi connectivity index (χ1v) is 7.40. The molecule has 1 aliphatic carbocycles. The van der Waals surface area contributed by atoms with Gasteiger partial charge in [-0.2, -0.15) is 0 Å². The van der Waals surface area contributed by atoms with Crippen LogP contribution in [0.2, 0.25) is 0 Å². The summed E-state index contributed by atoms with van der Waals surface area (Å²) in [7, 11) is 0. The second-order valence-electron chi connectivity index (χ2n) is 5.84. The number of hydrogen-bond donors (Lipinski definition) is 2. The van der Waals surface area contributed by atoms with Crippen LogP contribution in [0.5, 0.6) is 5.75 Å². The smallest absolute Gasteiger partial charge is 0.119 e. The molecule has 2 unspecified atom stereocenters. The lowest BCUT2D eigenvalue weighted by molar-refractivity contribution is 0.0544. The van der Waals surface area contributed by atoms with Crippen LogP contribution in [0.4, 0.5) is 0 Å². The van der Waals surface area contributed by atoms with Crippen molar-refractivity contribution in [3.63, 3.8) is 0 Å². The maximum absolute atomic E-state index is 9.89. The van der Waals surface area contributed by atoms with E-state index >= 15 is 0 Å². The fourth-order valence-electron chi connectivity index (χ4n) is 3.48. The highest BCUT2D eigenvalue weighted by Gasteiger charge is 2.28. The molecule has 1 aromatic rings. The Labute approximate surface area is 115 Å². The summed E-state index contributed by atoms with van der Waals surface area (Å²) in [6.07, 6.45) is 4.40. The molecule has 0 bridgehead atoms. The van der Waals surface area contributed by atoms with Gasteiger partial charge in [0.1, 0.15) is 5.75 Å². The zero-order valence-corrected chi connectivity index (χ0v) is 11.6. The largest absolute Gasteiger partial charge is 0.508 e. The van der Waals surface area contributed by atoms with Crippen LogP contribution in [0.3, 0.4) is 0 Å². The van der Waals surface area contributed by atoms with Gasteiger partial charge in [0.05, 0.1) is 0 Å². The van der Waals surface area contributed by atoms with E-state index in [1.807, 2.05) is 6.07 Å². The van der Waals surface area contributed by atoms with E-state index in [9.17, 15) is 5.11 Å². The Morgan fingerprint density at radius 1 is 1.26 bits per heavy atom. The van der Waals surface area contributed by atoms with Crippen molar-refractivity contribution < 1.29 is 9.84 Å². The Morgan fingerprint density at radius 3 is 2.84 bits per heavy atom. The number of benzene rings is 1. The van der Waals surface area contributed by atoms with Gasteiger partial charge in [0.15, 0.2) is 0 Å². The molecule has 0 amide bonds. The number of fused-ring (bicyclic) bond motifs is 1. The Bertz CT molecular complexity index is 440. The number of hydrogen-bond acceptors (Lipinski definition) is 3. The molecule has 3 rings (SSSR count). The molecule has 1 aromatic carbocycles. The zero-order valence-electron chi connectivity index (χ0n) is 11.6. The highest BCUT2D eigenvalue weighted by molar-refractivity contribution is 5.44. The van der Waals surface area contributed by atoms with Crippen LogP contribution in [0, 0.1) is 5.92 Å². The molecule has 0 aromatic heterocycles. The molecule has 2 aliphatic rings. The van der Waals surface area contributed by atoms with E-state index in [1.54, 1.807) is 6.07 Å². The van der Waals surface area contributed by atoms with Gasteiger partial charge in [-0.05, 0) is 55.7 Å². The molecule has 0 saturated carbocycles. The van der Waals surface area contributed by atoms with Gasteiger partial charge >= 0.3 is 0 Å². The van der Waals surface area contributed by atoms with Crippen LogP contribution >= 0.6 is 0 Å². The van der Waals surface area contributed by atoms with Gasteiger partial charge in [-0.1, -0.05) is 12.1 Å². The van der Waals surface area contributed by atoms with Gasteiger partial charge in [0.2, 0.25) is 0 Å². The number of phenols is 1. The third-order valence-corrected chi connectivity index (χ3v) is 4.68. The fraction of sp³-hybridized carbons (Fsp3) is 0.625. The molecule has 1 fully saturated rings. The molecule has 0 radical (unpaired) electrons. The maximum atomic E-state index is 9.89. The second kappa shape index (κ2) is 5.51. The monoisotopic (exact) mass is 261 g/mol. The summed E-state index contributed by atoms with van der Waals surface area (Å²) in [5.74, 6) is 1.18. The fourth-order valence-corrected chi connectivity index (χ4v) is 3.48. The summed E-state index contributed by atoms with van der Waals surface area (Å²) in [6, 6.07) is 6.81. The van der Waals surface area contributed by atoms with Crippen LogP contribution in [0.1, 0.15) is 43.4 Å². The Hall–Kier alpha value is -1.06. The summed E-state index contributed by atoms with van der Waals surface area (Å²) in [6.45, 7) is 4.09. The van der Waals surface area contributed by atoms with Gasteiger partial charge in [-0.25, -0.2) is 0 Å². The molecule has 1 saturated heterocycles. The van der Waals surface area contributed by atoms with E-state index in [2.05, 4.69) is 18.3 Å². The van der Waals surface area contributed by atoms with Crippen molar-refractivity contribution in [3.05, 3.63) is 29.3 Å². The average Bonchev–Trinajstić information content (AvgIpc) is 2.84. The minimum absolute atomic E-state index is 0.403. The summed E-state index contributed by atoms with van der Waals surface area (Å²) in [5.41, 5.74) is 2.43. The number of rotatable bonds is 3. The first kappa shape index (κ1) is 12.9. The maximum Gasteiger partial charge on any atom is 0.119 e. The predicted molar refractivity (Wildman–Crippen MR) is 75.3 cm³/mol. The van der Waals surface area contributed by atoms with Crippen molar-refractivity contribution in [2.24, 2.45) is 5.92 Å². The Kier molecular flexibility index (Phi) is 3.76. The van der Waals surface area contributed by atoms with E-state index < -0.39 is 0 Å². The number of aromatic hydroxyl groups is 1. The highest BCUT2D eigenvalue weighted by Crippen LogP contribution is 2.37. The molecular weight excluding hydrogens is 238 g/mol. The molecule has 3 nitrogen and oxygen atoms in total. The topological polar surface area (TPSA) is 41.5 Å². The van der Waals surface area contributed by atoms with Crippen LogP contribution in [0.15, 0.2) is 18.2 Å². The summed E-state index contributed by atoms with van der Waals surface area (Å²) >= 11 is 0. The molecule has 0 spiro atoms. The van der Waals surface area contributed by atoms with Gasteiger partial charge in [0, 0.05) is 25.3 Å². The normalized spacial score (nSPS) is 25.2. The van der Waals surface area contributed by atoms with Gasteiger partial charge < -0.3 is 15.2 Å². The molecule has 19 heavy (non-hydrogen) atoms. The molecule has 104 valence electrons. The van der Waals surface area contributed by atoms with Crippen LogP contribution in [0.25, 0.3) is 0 Å². The molecule has 1 aliphatic heterocycles. The van der Waals surface area contributed by atoms with Crippen LogP contribution < -0.4 is 5.32 Å². The van der Waals surface area contributed by atoms with Crippen molar-refractivity contribution in [3.8, 4) is 5.75 Å². The van der Waals surface area contributed by atoms with Gasteiger partial charge in [-0.15, -0.1) is 0 Å². The SMILES string of the molecule is CC(NC1CCc2c(O)cccc21)C1CCOCC1. The minimum atomic E-state index is 0.403. The Balaban J connectivity index is 1.67. The standard InChI is InChI=1S/C16H23NO2/c1-11(12-7-9-19-10-8-12)17-15-6-5-14-13(15)3-2-4-16(14)18/h2-4,11-12,15,17-18H,5-10H2,1H3. The highest BCUT2D eigenvalue weighted by atomic mass is 16.5. The third-order valence-electron chi connectivity index (χ3n) is 4.68. The first-order chi connectivity index (χ1) is 9.25. The average molecular weight is 261 g/mol. The quantitative estimate of drug-likeness (QED) is 0.879. The van der Waals surface area contributed by atoms with Crippen LogP contribution in [-0.2, 0) is 11.2 Å².